The fraction of sp³-hybridized carbons (Fsp3) is 0.207. The van der Waals surface area contributed by atoms with Crippen molar-refractivity contribution >= 4 is 122 Å². The summed E-state index contributed by atoms with van der Waals surface area (Å²) in [5.41, 5.74) is 18.3. The van der Waals surface area contributed by atoms with Gasteiger partial charge in [-0.3, -0.25) is 0 Å². The van der Waals surface area contributed by atoms with Gasteiger partial charge in [-0.15, -0.1) is 0 Å². The third-order valence-corrected chi connectivity index (χ3v) is 25.1. The molecule has 5 heteroatoms. The monoisotopic (exact) mass is 1580 g/mol. The van der Waals surface area contributed by atoms with Crippen LogP contribution in [0.3, 0.4) is 0 Å². The molecule has 0 atom stereocenters. The zero-order valence-corrected chi connectivity index (χ0v) is 72.4. The second-order valence-electron chi connectivity index (χ2n) is 39.5. The molecule has 0 unspecified atom stereocenters. The highest BCUT2D eigenvalue weighted by Crippen LogP contribution is 2.57. The predicted molar refractivity (Wildman–Crippen MR) is 524 cm³/mol. The molecule has 16 aromatic carbocycles. The average Bonchev–Trinajstić information content (AvgIpc) is 1.64. The summed E-state index contributed by atoms with van der Waals surface area (Å²) in [6, 6.07) is 80.0. The first kappa shape index (κ1) is 62.5. The molecule has 2 aromatic heterocycles. The van der Waals surface area contributed by atoms with E-state index in [-0.39, 0.29) is 126 Å². The lowest BCUT2D eigenvalue weighted by atomic mass is 9.33. The molecule has 0 N–H and O–H groups in total. The second-order valence-corrected chi connectivity index (χ2v) is 39.5. The van der Waals surface area contributed by atoms with Crippen LogP contribution in [0, 0.1) is 0 Å². The van der Waals surface area contributed by atoms with Gasteiger partial charge in [-0.1, -0.05) is 343 Å². The van der Waals surface area contributed by atoms with E-state index < -0.39 is 52.5 Å². The van der Waals surface area contributed by atoms with Crippen molar-refractivity contribution in [2.24, 2.45) is 0 Å². The Hall–Kier alpha value is -12.7. The molecule has 0 spiro atoms. The van der Waals surface area contributed by atoms with E-state index in [1.54, 1.807) is 9.13 Å². The molecule has 0 aliphatic carbocycles. The molecule has 0 bridgehead atoms. The number of anilines is 6. The SMILES string of the molecule is [2H]c1c([2H])c([2H])c2c(c1[2H])c1c([2H])c(C(C)(C)C)c([2H])c([2H])c1n2-c1ccc2c(c1)N(c1c(-c3ccccc3)cc(C(C)(C)C)cc1-c1ccccc1)c1cc(-c3cc(C(C)(C)C)cc(C(C)(C)C)c3)cc3c1B2c1ccc(-n2c4c([2H])c([2H])c([2H])c([2H])c4c4c([2H])c(C(C)(C)C)c([2H])c([2H])c42)cc1N3c1c(-c2ccccc2)cc(C(C)(C)C)cc1-c1ccc2c(ccc3ccccc32)c1. The van der Waals surface area contributed by atoms with E-state index in [0.29, 0.717) is 22.7 Å². The number of para-hydroxylation sites is 2. The van der Waals surface area contributed by atoms with Crippen molar-refractivity contribution in [3.05, 3.63) is 355 Å². The van der Waals surface area contributed by atoms with E-state index in [1.807, 2.05) is 71.9 Å². The second kappa shape index (κ2) is 27.9. The molecule has 0 saturated carbocycles. The Balaban J connectivity index is 1.05. The Kier molecular flexibility index (Phi) is 14.4. The lowest BCUT2D eigenvalue weighted by molar-refractivity contribution is 0.569. The summed E-state index contributed by atoms with van der Waals surface area (Å²) in [5, 5.41) is 4.69. The summed E-state index contributed by atoms with van der Waals surface area (Å²) < 4.78 is 144. The van der Waals surface area contributed by atoms with E-state index in [1.165, 1.54) is 0 Å². The molecule has 18 aromatic rings. The van der Waals surface area contributed by atoms with Crippen LogP contribution in [0.2, 0.25) is 0 Å². The molecule has 594 valence electrons. The Morgan fingerprint density at radius 3 is 1.04 bits per heavy atom. The highest BCUT2D eigenvalue weighted by atomic mass is 15.2. The fourth-order valence-electron chi connectivity index (χ4n) is 18.4. The van der Waals surface area contributed by atoms with Gasteiger partial charge >= 0.3 is 0 Å². The Labute approximate surface area is 735 Å². The number of aromatic nitrogens is 2. The van der Waals surface area contributed by atoms with Gasteiger partial charge in [0.15, 0.2) is 0 Å². The third kappa shape index (κ3) is 13.0. The van der Waals surface area contributed by atoms with Gasteiger partial charge in [0.2, 0.25) is 0 Å². The van der Waals surface area contributed by atoms with Crippen LogP contribution < -0.4 is 26.2 Å². The smallest absolute Gasteiger partial charge is 0.252 e. The van der Waals surface area contributed by atoms with Gasteiger partial charge < -0.3 is 18.9 Å². The molecule has 2 aliphatic rings. The van der Waals surface area contributed by atoms with Crippen LogP contribution in [-0.4, -0.2) is 15.8 Å². The molecule has 0 amide bonds. The first-order valence-electron chi connectivity index (χ1n) is 49.4. The van der Waals surface area contributed by atoms with Crippen molar-refractivity contribution in [2.45, 2.75) is 157 Å². The Morgan fingerprint density at radius 1 is 0.248 bits per heavy atom. The zero-order chi connectivity index (χ0) is 96.1. The minimum Gasteiger partial charge on any atom is -0.310 e. The molecule has 4 heterocycles. The molecular weight excluding hydrogens is 1460 g/mol. The standard InChI is InChI=1S/C116H107BN4/c1-111(2,3)80-49-56-102-96(64-80)90-42-30-32-44-100(90)118(102)86-51-54-98-104(70-86)120(109-92(72-34-22-19-23-35-72)66-84(115(13,14)15)67-93(109)73-36-24-20-25-37-73)106-61-79(78-59-82(113(7,8)9)63-83(60-78)114(10,11)12)62-107-108(106)117(98)99-55-52-87(119-101-45-33-31-43-91(101)97-65-81(112(4,5)6)50-57-103(97)119)71-105(99)121(107)110-94(74-38-26-21-27-39-74)68-85(116(16,17)18)69-95(110)77-48-53-89-76(58-77)47-46-75-40-28-29-41-88(75)89/h19-71H,1-18H3/i30D,31D,32D,33D,42D,43D,44D,45D,49D,50D,56D,57D,64D,65D. The summed E-state index contributed by atoms with van der Waals surface area (Å²) in [7, 11) is 0. The lowest BCUT2D eigenvalue weighted by Gasteiger charge is -2.46. The largest absolute Gasteiger partial charge is 0.310 e. The van der Waals surface area contributed by atoms with Gasteiger partial charge in [-0.2, -0.15) is 0 Å². The Bertz CT molecular complexity index is 8060. The van der Waals surface area contributed by atoms with Gasteiger partial charge in [0.05, 0.1) is 52.6 Å². The first-order chi connectivity index (χ1) is 63.6. The number of rotatable bonds is 9. The number of hydrogen-bond donors (Lipinski definition) is 0. The highest BCUT2D eigenvalue weighted by molar-refractivity contribution is 7.00. The number of nitrogens with zero attached hydrogens (tertiary/aromatic N) is 4. The van der Waals surface area contributed by atoms with Gasteiger partial charge in [-0.05, 0) is 240 Å². The maximum absolute atomic E-state index is 10.5. The number of fused-ring (bicyclic) bond motifs is 13. The van der Waals surface area contributed by atoms with Crippen molar-refractivity contribution in [2.75, 3.05) is 9.80 Å². The molecule has 0 radical (unpaired) electrons. The minimum atomic E-state index is -0.864. The summed E-state index contributed by atoms with van der Waals surface area (Å²) >= 11 is 0. The first-order valence-corrected chi connectivity index (χ1v) is 42.4. The number of hydrogen-bond acceptors (Lipinski definition) is 2. The summed E-state index contributed by atoms with van der Waals surface area (Å²) in [5.74, 6) is 0. The van der Waals surface area contributed by atoms with Gasteiger partial charge in [0.25, 0.3) is 6.71 Å². The summed E-state index contributed by atoms with van der Waals surface area (Å²) in [6.07, 6.45) is 0. The third-order valence-electron chi connectivity index (χ3n) is 25.1. The van der Waals surface area contributed by atoms with Crippen LogP contribution in [0.5, 0.6) is 0 Å². The van der Waals surface area contributed by atoms with Crippen LogP contribution in [0.1, 0.15) is 177 Å². The minimum absolute atomic E-state index is 0.0376. The van der Waals surface area contributed by atoms with Crippen LogP contribution in [0.25, 0.3) is 132 Å². The summed E-state index contributed by atoms with van der Waals surface area (Å²) in [6.45, 7) is 37.6. The topological polar surface area (TPSA) is 16.3 Å². The number of benzene rings is 16. The predicted octanol–water partition coefficient (Wildman–Crippen LogP) is 30.4. The maximum Gasteiger partial charge on any atom is 0.252 e. The molecular formula is C116H107BN4. The molecule has 20 rings (SSSR count). The highest BCUT2D eigenvalue weighted by Gasteiger charge is 2.47. The average molecular weight is 1580 g/mol. The van der Waals surface area contributed by atoms with Crippen molar-refractivity contribution in [1.29, 1.82) is 0 Å². The fourth-order valence-corrected chi connectivity index (χ4v) is 18.4. The van der Waals surface area contributed by atoms with Crippen LogP contribution in [0.15, 0.2) is 321 Å². The quantitative estimate of drug-likeness (QED) is 0.106. The zero-order valence-electron chi connectivity index (χ0n) is 86.4. The van der Waals surface area contributed by atoms with E-state index in [0.717, 1.165) is 139 Å². The van der Waals surface area contributed by atoms with Crippen molar-refractivity contribution in [3.8, 4) is 67.0 Å². The van der Waals surface area contributed by atoms with Crippen molar-refractivity contribution in [3.63, 3.8) is 0 Å². The maximum atomic E-state index is 10.5. The normalized spacial score (nSPS) is 14.9. The van der Waals surface area contributed by atoms with Gasteiger partial charge in [-0.25, -0.2) is 0 Å². The molecule has 2 aliphatic heterocycles. The van der Waals surface area contributed by atoms with E-state index in [2.05, 4.69) is 299 Å². The van der Waals surface area contributed by atoms with Gasteiger partial charge in [0.1, 0.15) is 0 Å². The van der Waals surface area contributed by atoms with E-state index in [4.69, 9.17) is 0 Å². The van der Waals surface area contributed by atoms with E-state index >= 15 is 0 Å². The van der Waals surface area contributed by atoms with Crippen LogP contribution in [-0.2, 0) is 32.5 Å². The van der Waals surface area contributed by atoms with E-state index in [9.17, 15) is 19.2 Å². The lowest BCUT2D eigenvalue weighted by Crippen LogP contribution is -2.61. The molecule has 4 nitrogen and oxygen atoms in total. The van der Waals surface area contributed by atoms with Crippen molar-refractivity contribution in [1.82, 2.24) is 9.13 Å². The van der Waals surface area contributed by atoms with Crippen LogP contribution in [0.4, 0.5) is 34.1 Å². The summed E-state index contributed by atoms with van der Waals surface area (Å²) in [4.78, 5) is 4.87. The molecule has 121 heavy (non-hydrogen) atoms. The molecule has 0 saturated heterocycles. The van der Waals surface area contributed by atoms with Crippen molar-refractivity contribution < 1.29 is 19.2 Å². The molecule has 0 fully saturated rings. The van der Waals surface area contributed by atoms with Gasteiger partial charge in [0, 0.05) is 77.9 Å². The Morgan fingerprint density at radius 2 is 0.612 bits per heavy atom. The van der Waals surface area contributed by atoms with Crippen LogP contribution >= 0.6 is 0 Å².